The fraction of sp³-hybridized carbons (Fsp3) is 0.448. The Balaban J connectivity index is 1.65. The average Bonchev–Trinajstić information content (AvgIpc) is 3.18. The Morgan fingerprint density at radius 2 is 1.65 bits per heavy atom. The predicted octanol–water partition coefficient (Wildman–Crippen LogP) is 7.51. The normalized spacial score (nSPS) is 25.5. The van der Waals surface area contributed by atoms with Crippen LogP contribution < -0.4 is 4.90 Å². The standard InChI is InChI=1S/C29H33ClN2OS/c1-28(2)23-16-17-29(28,3)25(31-18-8-5-9-19-31)24(23)27(34)32(22-10-6-4-7-11-22)26(33)20-12-14-21(30)15-13-20/h4,6-7,10-15,23H,5,8-9,16-19H2,1-3H3/t23-,29+/m1/s1. The summed E-state index contributed by atoms with van der Waals surface area (Å²) in [7, 11) is 0. The number of hydrogen-bond acceptors (Lipinski definition) is 3. The number of nitrogens with zero attached hydrogens (tertiary/aromatic N) is 2. The Bertz CT molecular complexity index is 1130. The van der Waals surface area contributed by atoms with Crippen LogP contribution in [0.25, 0.3) is 0 Å². The molecule has 5 heteroatoms. The summed E-state index contributed by atoms with van der Waals surface area (Å²) in [6.07, 6.45) is 6.03. The van der Waals surface area contributed by atoms with Gasteiger partial charge >= 0.3 is 0 Å². The van der Waals surface area contributed by atoms with Crippen LogP contribution in [0.1, 0.15) is 63.2 Å². The number of anilines is 1. The first-order valence-electron chi connectivity index (χ1n) is 12.4. The Hall–Kier alpha value is -2.17. The lowest BCUT2D eigenvalue weighted by Gasteiger charge is -2.43. The minimum Gasteiger partial charge on any atom is -0.374 e. The summed E-state index contributed by atoms with van der Waals surface area (Å²) < 4.78 is 0. The Morgan fingerprint density at radius 3 is 2.29 bits per heavy atom. The molecule has 3 nitrogen and oxygen atoms in total. The van der Waals surface area contributed by atoms with Crippen molar-refractivity contribution in [2.45, 2.75) is 52.9 Å². The van der Waals surface area contributed by atoms with Gasteiger partial charge in [-0.3, -0.25) is 9.69 Å². The summed E-state index contributed by atoms with van der Waals surface area (Å²) in [6, 6.07) is 16.9. The number of benzene rings is 2. The van der Waals surface area contributed by atoms with E-state index >= 15 is 0 Å². The molecular weight excluding hydrogens is 460 g/mol. The highest BCUT2D eigenvalue weighted by Crippen LogP contribution is 2.68. The van der Waals surface area contributed by atoms with Gasteiger partial charge in [0.1, 0.15) is 4.99 Å². The van der Waals surface area contributed by atoms with E-state index in [-0.39, 0.29) is 16.7 Å². The number of likely N-dealkylation sites (tertiary alicyclic amines) is 1. The molecule has 2 aromatic rings. The van der Waals surface area contributed by atoms with Crippen molar-refractivity contribution in [2.24, 2.45) is 16.7 Å². The lowest BCUT2D eigenvalue weighted by atomic mass is 9.69. The van der Waals surface area contributed by atoms with Crippen molar-refractivity contribution >= 4 is 40.4 Å². The topological polar surface area (TPSA) is 23.6 Å². The van der Waals surface area contributed by atoms with E-state index in [2.05, 4.69) is 25.7 Å². The van der Waals surface area contributed by atoms with Crippen LogP contribution in [0.2, 0.25) is 5.02 Å². The van der Waals surface area contributed by atoms with Gasteiger partial charge in [0.25, 0.3) is 5.91 Å². The van der Waals surface area contributed by atoms with Gasteiger partial charge in [0.2, 0.25) is 0 Å². The molecule has 2 atom stereocenters. The number of carbonyl (C=O) groups is 1. The van der Waals surface area contributed by atoms with Gasteiger partial charge in [-0.05, 0) is 79.8 Å². The minimum absolute atomic E-state index is 0.0695. The number of rotatable bonds is 4. The van der Waals surface area contributed by atoms with E-state index in [1.807, 2.05) is 30.3 Å². The van der Waals surface area contributed by atoms with Gasteiger partial charge in [0.15, 0.2) is 0 Å². The van der Waals surface area contributed by atoms with Gasteiger partial charge in [-0.2, -0.15) is 0 Å². The summed E-state index contributed by atoms with van der Waals surface area (Å²) in [5.41, 5.74) is 4.20. The summed E-state index contributed by atoms with van der Waals surface area (Å²) in [5, 5.41) is 0.614. The van der Waals surface area contributed by atoms with Crippen LogP contribution in [-0.2, 0) is 0 Å². The van der Waals surface area contributed by atoms with Crippen molar-refractivity contribution in [3.63, 3.8) is 0 Å². The summed E-state index contributed by atoms with van der Waals surface area (Å²) >= 11 is 12.4. The van der Waals surface area contributed by atoms with E-state index < -0.39 is 0 Å². The van der Waals surface area contributed by atoms with Crippen molar-refractivity contribution in [1.82, 2.24) is 4.90 Å². The number of para-hydroxylation sites is 1. The molecule has 0 aromatic heterocycles. The van der Waals surface area contributed by atoms with Crippen LogP contribution in [0.15, 0.2) is 65.9 Å². The van der Waals surface area contributed by atoms with E-state index in [0.717, 1.165) is 25.2 Å². The van der Waals surface area contributed by atoms with Crippen molar-refractivity contribution in [2.75, 3.05) is 18.0 Å². The lowest BCUT2D eigenvalue weighted by Crippen LogP contribution is -2.42. The number of carbonyl (C=O) groups excluding carboxylic acids is 1. The molecule has 2 aromatic carbocycles. The van der Waals surface area contributed by atoms with Crippen LogP contribution in [-0.4, -0.2) is 28.9 Å². The molecule has 1 saturated heterocycles. The second kappa shape index (κ2) is 8.80. The SMILES string of the molecule is CC1(C)[C@@H]2CC[C@@]1(C)C(N1CCCCC1)=C2C(=S)N(C(=O)c1ccc(Cl)cc1)c1ccccc1. The van der Waals surface area contributed by atoms with E-state index in [9.17, 15) is 4.79 Å². The maximum atomic E-state index is 13.9. The average molecular weight is 493 g/mol. The van der Waals surface area contributed by atoms with Gasteiger partial charge in [-0.1, -0.05) is 62.8 Å². The molecular formula is C29H33ClN2OS. The van der Waals surface area contributed by atoms with E-state index in [1.54, 1.807) is 29.2 Å². The van der Waals surface area contributed by atoms with Crippen LogP contribution in [0.4, 0.5) is 5.69 Å². The second-order valence-electron chi connectivity index (χ2n) is 10.7. The molecule has 2 bridgehead atoms. The Kier molecular flexibility index (Phi) is 6.10. The third-order valence-electron chi connectivity index (χ3n) is 8.77. The van der Waals surface area contributed by atoms with Gasteiger partial charge in [-0.25, -0.2) is 0 Å². The number of piperidine rings is 1. The van der Waals surface area contributed by atoms with E-state index in [4.69, 9.17) is 23.8 Å². The summed E-state index contributed by atoms with van der Waals surface area (Å²) in [5.74, 6) is 0.246. The number of amides is 1. The minimum atomic E-state index is -0.107. The monoisotopic (exact) mass is 492 g/mol. The molecule has 0 unspecified atom stereocenters. The van der Waals surface area contributed by atoms with Gasteiger partial charge in [0, 0.05) is 40.4 Å². The van der Waals surface area contributed by atoms with Crippen LogP contribution in [0, 0.1) is 16.7 Å². The molecule has 0 radical (unpaired) electrons. The number of allylic oxidation sites excluding steroid dienone is 1. The smallest absolute Gasteiger partial charge is 0.263 e. The molecule has 3 aliphatic rings. The zero-order valence-corrected chi connectivity index (χ0v) is 21.9. The number of hydrogen-bond donors (Lipinski definition) is 0. The van der Waals surface area contributed by atoms with Crippen molar-refractivity contribution < 1.29 is 4.79 Å². The van der Waals surface area contributed by atoms with Gasteiger partial charge in [-0.15, -0.1) is 0 Å². The fourth-order valence-electron chi connectivity index (χ4n) is 6.52. The Labute approximate surface area is 213 Å². The molecule has 0 N–H and O–H groups in total. The molecule has 5 rings (SSSR count). The van der Waals surface area contributed by atoms with Crippen LogP contribution in [0.3, 0.4) is 0 Å². The van der Waals surface area contributed by atoms with Gasteiger partial charge < -0.3 is 4.90 Å². The third-order valence-corrected chi connectivity index (χ3v) is 9.42. The molecule has 1 aliphatic heterocycles. The molecule has 1 heterocycles. The highest BCUT2D eigenvalue weighted by atomic mass is 35.5. The summed E-state index contributed by atoms with van der Waals surface area (Å²) in [4.78, 5) is 19.0. The third kappa shape index (κ3) is 3.61. The first-order valence-corrected chi connectivity index (χ1v) is 13.2. The second-order valence-corrected chi connectivity index (χ2v) is 11.6. The molecule has 1 amide bonds. The zero-order chi connectivity index (χ0) is 24.1. The number of fused-ring (bicyclic) bond motifs is 2. The largest absolute Gasteiger partial charge is 0.374 e. The molecule has 34 heavy (non-hydrogen) atoms. The molecule has 178 valence electrons. The number of thiocarbonyl (C=S) groups is 1. The maximum Gasteiger partial charge on any atom is 0.263 e. The molecule has 2 aliphatic carbocycles. The fourth-order valence-corrected chi connectivity index (χ4v) is 7.08. The highest BCUT2D eigenvalue weighted by Gasteiger charge is 2.63. The van der Waals surface area contributed by atoms with Crippen LogP contribution in [0.5, 0.6) is 0 Å². The molecule has 2 fully saturated rings. The Morgan fingerprint density at radius 1 is 1.00 bits per heavy atom. The molecule has 0 spiro atoms. The first-order chi connectivity index (χ1) is 16.3. The van der Waals surface area contributed by atoms with Crippen molar-refractivity contribution in [3.8, 4) is 0 Å². The first kappa shape index (κ1) is 23.6. The predicted molar refractivity (Wildman–Crippen MR) is 144 cm³/mol. The van der Waals surface area contributed by atoms with Gasteiger partial charge in [0.05, 0.1) is 5.69 Å². The lowest BCUT2D eigenvalue weighted by molar-refractivity contribution is 0.100. The van der Waals surface area contributed by atoms with E-state index in [0.29, 0.717) is 21.5 Å². The van der Waals surface area contributed by atoms with E-state index in [1.165, 1.54) is 37.0 Å². The quantitative estimate of drug-likeness (QED) is 0.412. The highest BCUT2D eigenvalue weighted by molar-refractivity contribution is 7.81. The van der Waals surface area contributed by atoms with Crippen LogP contribution >= 0.6 is 23.8 Å². The maximum absolute atomic E-state index is 13.9. The molecule has 1 saturated carbocycles. The van der Waals surface area contributed by atoms with Crippen molar-refractivity contribution in [1.29, 1.82) is 0 Å². The zero-order valence-electron chi connectivity index (χ0n) is 20.3. The van der Waals surface area contributed by atoms with Crippen molar-refractivity contribution in [3.05, 3.63) is 76.5 Å². The number of halogens is 1. The summed E-state index contributed by atoms with van der Waals surface area (Å²) in [6.45, 7) is 9.39.